The lowest BCUT2D eigenvalue weighted by molar-refractivity contribution is 0.203. The second-order valence-corrected chi connectivity index (χ2v) is 5.60. The van der Waals surface area contributed by atoms with E-state index in [1.165, 1.54) is 32.4 Å². The van der Waals surface area contributed by atoms with Gasteiger partial charge in [0.15, 0.2) is 0 Å². The zero-order valence-corrected chi connectivity index (χ0v) is 11.9. The van der Waals surface area contributed by atoms with Crippen LogP contribution in [0, 0.1) is 6.92 Å². The van der Waals surface area contributed by atoms with Crippen LogP contribution in [0.5, 0.6) is 0 Å². The fraction of sp³-hybridized carbons (Fsp3) is 0.733. The molecular formula is C15H26N2O. The second kappa shape index (κ2) is 6.39. The number of nitrogens with one attached hydrogen (secondary N) is 1. The quantitative estimate of drug-likeness (QED) is 0.870. The van der Waals surface area contributed by atoms with Gasteiger partial charge in [0.05, 0.1) is 6.04 Å². The molecule has 1 fully saturated rings. The van der Waals surface area contributed by atoms with E-state index in [9.17, 15) is 0 Å². The number of rotatable bonds is 5. The molecule has 2 heterocycles. The van der Waals surface area contributed by atoms with Gasteiger partial charge in [-0.25, -0.2) is 0 Å². The van der Waals surface area contributed by atoms with Crippen LogP contribution in [-0.4, -0.2) is 30.6 Å². The van der Waals surface area contributed by atoms with E-state index in [1.54, 1.807) is 0 Å². The maximum absolute atomic E-state index is 5.66. The summed E-state index contributed by atoms with van der Waals surface area (Å²) in [5.74, 6) is 2.03. The molecule has 0 aliphatic carbocycles. The smallest absolute Gasteiger partial charge is 0.120 e. The molecule has 0 aromatic carbocycles. The largest absolute Gasteiger partial charge is 0.465 e. The van der Waals surface area contributed by atoms with Crippen molar-refractivity contribution in [3.63, 3.8) is 0 Å². The van der Waals surface area contributed by atoms with Crippen molar-refractivity contribution in [3.05, 3.63) is 23.7 Å². The molecule has 2 atom stereocenters. The van der Waals surface area contributed by atoms with Crippen LogP contribution >= 0.6 is 0 Å². The van der Waals surface area contributed by atoms with E-state index in [0.29, 0.717) is 12.1 Å². The molecule has 2 rings (SSSR count). The van der Waals surface area contributed by atoms with Gasteiger partial charge in [-0.1, -0.05) is 6.42 Å². The average Bonchev–Trinajstić information content (AvgIpc) is 2.77. The predicted octanol–water partition coefficient (Wildman–Crippen LogP) is 3.11. The van der Waals surface area contributed by atoms with E-state index in [1.807, 2.05) is 13.0 Å². The lowest BCUT2D eigenvalue weighted by Gasteiger charge is -2.30. The van der Waals surface area contributed by atoms with Crippen molar-refractivity contribution in [2.24, 2.45) is 0 Å². The molecule has 1 aliphatic heterocycles. The SMILES string of the molecule is Cc1ccc(C(C)NC(C)CN2CCCCC2)o1. The topological polar surface area (TPSA) is 28.4 Å². The molecule has 1 aromatic rings. The molecule has 18 heavy (non-hydrogen) atoms. The summed E-state index contributed by atoms with van der Waals surface area (Å²) in [6, 6.07) is 4.89. The summed E-state index contributed by atoms with van der Waals surface area (Å²) in [6.07, 6.45) is 4.12. The molecule has 1 saturated heterocycles. The van der Waals surface area contributed by atoms with Gasteiger partial charge >= 0.3 is 0 Å². The molecule has 1 aromatic heterocycles. The molecule has 1 N–H and O–H groups in total. The Bertz CT molecular complexity index is 355. The molecule has 0 radical (unpaired) electrons. The molecule has 0 saturated carbocycles. The van der Waals surface area contributed by atoms with Crippen LogP contribution in [0.4, 0.5) is 0 Å². The van der Waals surface area contributed by atoms with E-state index in [0.717, 1.165) is 18.1 Å². The van der Waals surface area contributed by atoms with Crippen molar-refractivity contribution in [2.75, 3.05) is 19.6 Å². The Kier molecular flexibility index (Phi) is 4.84. The standard InChI is InChI=1S/C15H26N2O/c1-12(11-17-9-5-4-6-10-17)16-14(3)15-8-7-13(2)18-15/h7-8,12,14,16H,4-6,9-11H2,1-3H3. The first-order valence-electron chi connectivity index (χ1n) is 7.20. The van der Waals surface area contributed by atoms with Crippen LogP contribution in [0.3, 0.4) is 0 Å². The minimum Gasteiger partial charge on any atom is -0.465 e. The number of hydrogen-bond donors (Lipinski definition) is 1. The van der Waals surface area contributed by atoms with E-state index < -0.39 is 0 Å². The zero-order valence-electron chi connectivity index (χ0n) is 11.9. The van der Waals surface area contributed by atoms with Crippen molar-refractivity contribution >= 4 is 0 Å². The second-order valence-electron chi connectivity index (χ2n) is 5.60. The number of aryl methyl sites for hydroxylation is 1. The molecule has 102 valence electrons. The van der Waals surface area contributed by atoms with Gasteiger partial charge in [-0.05, 0) is 58.8 Å². The Morgan fingerprint density at radius 1 is 1.22 bits per heavy atom. The summed E-state index contributed by atoms with van der Waals surface area (Å²) < 4.78 is 5.66. The number of nitrogens with zero attached hydrogens (tertiary/aromatic N) is 1. The van der Waals surface area contributed by atoms with Crippen LogP contribution in [0.1, 0.15) is 50.7 Å². The fourth-order valence-corrected chi connectivity index (χ4v) is 2.78. The highest BCUT2D eigenvalue weighted by Crippen LogP contribution is 2.16. The minimum absolute atomic E-state index is 0.290. The molecule has 3 nitrogen and oxygen atoms in total. The average molecular weight is 250 g/mol. The van der Waals surface area contributed by atoms with Crippen molar-refractivity contribution in [1.29, 1.82) is 0 Å². The monoisotopic (exact) mass is 250 g/mol. The lowest BCUT2D eigenvalue weighted by Crippen LogP contribution is -2.42. The summed E-state index contributed by atoms with van der Waals surface area (Å²) in [6.45, 7) is 10.1. The third-order valence-corrected chi connectivity index (χ3v) is 3.70. The van der Waals surface area contributed by atoms with Gasteiger partial charge in [0, 0.05) is 12.6 Å². The predicted molar refractivity (Wildman–Crippen MR) is 74.7 cm³/mol. The number of likely N-dealkylation sites (tertiary alicyclic amines) is 1. The lowest BCUT2D eigenvalue weighted by atomic mass is 10.1. The highest BCUT2D eigenvalue weighted by molar-refractivity contribution is 5.09. The van der Waals surface area contributed by atoms with Gasteiger partial charge < -0.3 is 14.6 Å². The highest BCUT2D eigenvalue weighted by atomic mass is 16.3. The molecule has 0 bridgehead atoms. The van der Waals surface area contributed by atoms with Crippen LogP contribution in [-0.2, 0) is 0 Å². The highest BCUT2D eigenvalue weighted by Gasteiger charge is 2.16. The summed E-state index contributed by atoms with van der Waals surface area (Å²) in [7, 11) is 0. The Labute approximate surface area is 111 Å². The van der Waals surface area contributed by atoms with Gasteiger partial charge in [0.1, 0.15) is 11.5 Å². The Morgan fingerprint density at radius 2 is 1.94 bits per heavy atom. The van der Waals surface area contributed by atoms with Crippen LogP contribution < -0.4 is 5.32 Å². The molecule has 1 aliphatic rings. The molecule has 0 amide bonds. The van der Waals surface area contributed by atoms with E-state index in [4.69, 9.17) is 4.42 Å². The number of furan rings is 1. The molecule has 3 heteroatoms. The molecule has 2 unspecified atom stereocenters. The van der Waals surface area contributed by atoms with Gasteiger partial charge in [0.2, 0.25) is 0 Å². The van der Waals surface area contributed by atoms with E-state index >= 15 is 0 Å². The van der Waals surface area contributed by atoms with E-state index in [2.05, 4.69) is 30.1 Å². The van der Waals surface area contributed by atoms with Crippen LogP contribution in [0.2, 0.25) is 0 Å². The van der Waals surface area contributed by atoms with Gasteiger partial charge in [-0.2, -0.15) is 0 Å². The first-order valence-corrected chi connectivity index (χ1v) is 7.20. The van der Waals surface area contributed by atoms with Crippen molar-refractivity contribution in [1.82, 2.24) is 10.2 Å². The number of piperidine rings is 1. The maximum Gasteiger partial charge on any atom is 0.120 e. The number of hydrogen-bond acceptors (Lipinski definition) is 3. The third-order valence-electron chi connectivity index (χ3n) is 3.70. The molecule has 0 spiro atoms. The summed E-state index contributed by atoms with van der Waals surface area (Å²) in [4.78, 5) is 2.57. The van der Waals surface area contributed by atoms with Gasteiger partial charge in [0.25, 0.3) is 0 Å². The Hall–Kier alpha value is -0.800. The normalized spacial score (nSPS) is 20.8. The van der Waals surface area contributed by atoms with Crippen molar-refractivity contribution in [2.45, 2.75) is 52.1 Å². The summed E-state index contributed by atoms with van der Waals surface area (Å²) in [5, 5.41) is 3.62. The minimum atomic E-state index is 0.290. The van der Waals surface area contributed by atoms with Crippen molar-refractivity contribution in [3.8, 4) is 0 Å². The van der Waals surface area contributed by atoms with Crippen LogP contribution in [0.15, 0.2) is 16.5 Å². The van der Waals surface area contributed by atoms with E-state index in [-0.39, 0.29) is 0 Å². The van der Waals surface area contributed by atoms with Gasteiger partial charge in [-0.3, -0.25) is 0 Å². The first kappa shape index (κ1) is 13.6. The van der Waals surface area contributed by atoms with Gasteiger partial charge in [-0.15, -0.1) is 0 Å². The van der Waals surface area contributed by atoms with Crippen LogP contribution in [0.25, 0.3) is 0 Å². The fourth-order valence-electron chi connectivity index (χ4n) is 2.78. The Morgan fingerprint density at radius 3 is 2.56 bits per heavy atom. The molecular weight excluding hydrogens is 224 g/mol. The third kappa shape index (κ3) is 3.85. The first-order chi connectivity index (χ1) is 8.65. The zero-order chi connectivity index (χ0) is 13.0. The summed E-state index contributed by atoms with van der Waals surface area (Å²) >= 11 is 0. The summed E-state index contributed by atoms with van der Waals surface area (Å²) in [5.41, 5.74) is 0. The Balaban J connectivity index is 1.77. The van der Waals surface area contributed by atoms with Crippen molar-refractivity contribution < 1.29 is 4.42 Å². The maximum atomic E-state index is 5.66.